The average Bonchev–Trinajstić information content (AvgIpc) is 3.14. The maximum absolute atomic E-state index is 12.6. The molecule has 1 heterocycles. The number of nitrogens with one attached hydrogen (secondary N) is 1. The highest BCUT2D eigenvalue weighted by Gasteiger charge is 2.24. The number of aryl methyl sites for hydroxylation is 1. The standard InChI is InChI=1S/C25H27N5O6/c1-14(26-27-23(32)16-9-12-18(24(33)36-6)19(13-16)30(34)35)20-22(31)21(29(5)28-20)15-7-10-17(11-8-15)25(2,3)4/h7-13,31H,1-6H3,(H,27,32)/b26-14-. The molecule has 2 N–H and O–H groups in total. The van der Waals surface area contributed by atoms with Crippen molar-refractivity contribution in [1.82, 2.24) is 15.2 Å². The zero-order valence-electron chi connectivity index (χ0n) is 20.8. The molecule has 3 aromatic rings. The number of nitro benzene ring substituents is 1. The summed E-state index contributed by atoms with van der Waals surface area (Å²) in [5.74, 6) is -1.74. The Balaban J connectivity index is 1.86. The number of hydrogen-bond acceptors (Lipinski definition) is 8. The van der Waals surface area contributed by atoms with Crippen molar-refractivity contribution in [2.75, 3.05) is 7.11 Å². The summed E-state index contributed by atoms with van der Waals surface area (Å²) >= 11 is 0. The number of carbonyl (C=O) groups excluding carboxylic acids is 2. The Morgan fingerprint density at radius 3 is 2.36 bits per heavy atom. The summed E-state index contributed by atoms with van der Waals surface area (Å²) < 4.78 is 6.05. The van der Waals surface area contributed by atoms with Crippen LogP contribution in [0.4, 0.5) is 5.69 Å². The summed E-state index contributed by atoms with van der Waals surface area (Å²) in [6.07, 6.45) is 0. The minimum absolute atomic E-state index is 0.0142. The van der Waals surface area contributed by atoms with Gasteiger partial charge in [-0.3, -0.25) is 19.6 Å². The quantitative estimate of drug-likeness (QED) is 0.229. The Hall–Kier alpha value is -4.54. The third kappa shape index (κ3) is 5.24. The Morgan fingerprint density at radius 1 is 1.17 bits per heavy atom. The van der Waals surface area contributed by atoms with E-state index in [4.69, 9.17) is 0 Å². The summed E-state index contributed by atoms with van der Waals surface area (Å²) in [6.45, 7) is 7.89. The van der Waals surface area contributed by atoms with E-state index in [-0.39, 0.29) is 33.7 Å². The van der Waals surface area contributed by atoms with Gasteiger partial charge < -0.3 is 9.84 Å². The molecule has 1 amide bonds. The predicted molar refractivity (Wildman–Crippen MR) is 133 cm³/mol. The number of aromatic nitrogens is 2. The van der Waals surface area contributed by atoms with E-state index in [1.54, 1.807) is 14.0 Å². The Kier molecular flexibility index (Phi) is 7.23. The normalized spacial score (nSPS) is 11.8. The molecule has 0 aliphatic carbocycles. The van der Waals surface area contributed by atoms with Crippen LogP contribution in [0, 0.1) is 10.1 Å². The van der Waals surface area contributed by atoms with E-state index in [1.165, 1.54) is 10.7 Å². The molecule has 2 aromatic carbocycles. The first-order valence-electron chi connectivity index (χ1n) is 10.9. The van der Waals surface area contributed by atoms with Gasteiger partial charge in [0.2, 0.25) is 0 Å². The SMILES string of the molecule is COC(=O)c1ccc(C(=O)N/N=C(/C)c2nn(C)c(-c3ccc(C(C)(C)C)cc3)c2O)cc1[N+](=O)[O-]. The van der Waals surface area contributed by atoms with Crippen molar-refractivity contribution in [3.63, 3.8) is 0 Å². The van der Waals surface area contributed by atoms with Crippen LogP contribution in [0.1, 0.15) is 59.7 Å². The molecule has 0 fully saturated rings. The third-order valence-electron chi connectivity index (χ3n) is 5.58. The molecular weight excluding hydrogens is 466 g/mol. The second-order valence-electron chi connectivity index (χ2n) is 9.12. The molecular formula is C25H27N5O6. The molecule has 11 nitrogen and oxygen atoms in total. The summed E-state index contributed by atoms with van der Waals surface area (Å²) in [5, 5.41) is 30.5. The lowest BCUT2D eigenvalue weighted by Crippen LogP contribution is -2.20. The highest BCUT2D eigenvalue weighted by molar-refractivity contribution is 6.03. The molecule has 0 aliphatic rings. The second kappa shape index (κ2) is 9.98. The number of carbonyl (C=O) groups is 2. The van der Waals surface area contributed by atoms with Gasteiger partial charge in [-0.25, -0.2) is 10.2 Å². The number of ether oxygens (including phenoxy) is 1. The monoisotopic (exact) mass is 493 g/mol. The lowest BCUT2D eigenvalue weighted by Gasteiger charge is -2.19. The summed E-state index contributed by atoms with van der Waals surface area (Å²) in [6, 6.07) is 11.1. The van der Waals surface area contributed by atoms with Crippen molar-refractivity contribution in [3.8, 4) is 17.0 Å². The summed E-state index contributed by atoms with van der Waals surface area (Å²) in [7, 11) is 2.79. The van der Waals surface area contributed by atoms with Crippen LogP contribution < -0.4 is 5.43 Å². The number of aromatic hydroxyl groups is 1. The number of benzene rings is 2. The van der Waals surface area contributed by atoms with E-state index >= 15 is 0 Å². The van der Waals surface area contributed by atoms with E-state index in [1.807, 2.05) is 24.3 Å². The minimum atomic E-state index is -0.892. The molecule has 0 saturated carbocycles. The Labute approximate surface area is 207 Å². The maximum Gasteiger partial charge on any atom is 0.344 e. The van der Waals surface area contributed by atoms with Crippen LogP contribution in [-0.4, -0.2) is 44.5 Å². The van der Waals surface area contributed by atoms with E-state index in [0.717, 1.165) is 30.4 Å². The second-order valence-corrected chi connectivity index (χ2v) is 9.12. The number of amides is 1. The minimum Gasteiger partial charge on any atom is -0.504 e. The van der Waals surface area contributed by atoms with Crippen LogP contribution in [0.5, 0.6) is 5.75 Å². The lowest BCUT2D eigenvalue weighted by molar-refractivity contribution is -0.385. The van der Waals surface area contributed by atoms with E-state index < -0.39 is 22.5 Å². The topological polar surface area (TPSA) is 149 Å². The Bertz CT molecular complexity index is 1370. The van der Waals surface area contributed by atoms with Crippen molar-refractivity contribution in [3.05, 3.63) is 75.0 Å². The number of nitro groups is 1. The van der Waals surface area contributed by atoms with E-state index in [0.29, 0.717) is 5.69 Å². The van der Waals surface area contributed by atoms with Gasteiger partial charge in [-0.15, -0.1) is 0 Å². The fraction of sp³-hybridized carbons (Fsp3) is 0.280. The van der Waals surface area contributed by atoms with Crippen molar-refractivity contribution >= 4 is 23.3 Å². The third-order valence-corrected chi connectivity index (χ3v) is 5.58. The molecule has 0 atom stereocenters. The molecule has 188 valence electrons. The highest BCUT2D eigenvalue weighted by atomic mass is 16.6. The van der Waals surface area contributed by atoms with Gasteiger partial charge in [0.15, 0.2) is 11.4 Å². The van der Waals surface area contributed by atoms with Crippen LogP contribution in [0.15, 0.2) is 47.6 Å². The van der Waals surface area contributed by atoms with Gasteiger partial charge in [-0.1, -0.05) is 45.0 Å². The first-order chi connectivity index (χ1) is 16.8. The molecule has 11 heteroatoms. The number of methoxy groups -OCH3 is 1. The van der Waals surface area contributed by atoms with Crippen molar-refractivity contribution in [1.29, 1.82) is 0 Å². The smallest absolute Gasteiger partial charge is 0.344 e. The first-order valence-corrected chi connectivity index (χ1v) is 10.9. The number of hydrogen-bond donors (Lipinski definition) is 2. The van der Waals surface area contributed by atoms with Crippen LogP contribution in [-0.2, 0) is 17.2 Å². The molecule has 0 aliphatic heterocycles. The number of nitrogens with zero attached hydrogens (tertiary/aromatic N) is 4. The Morgan fingerprint density at radius 2 is 1.81 bits per heavy atom. The van der Waals surface area contributed by atoms with Gasteiger partial charge in [-0.2, -0.15) is 10.2 Å². The molecule has 0 spiro atoms. The average molecular weight is 494 g/mol. The molecule has 1 aromatic heterocycles. The van der Waals surface area contributed by atoms with Crippen LogP contribution in [0.25, 0.3) is 11.3 Å². The molecule has 0 saturated heterocycles. The van der Waals surface area contributed by atoms with Gasteiger partial charge in [-0.05, 0) is 30.0 Å². The van der Waals surface area contributed by atoms with Gasteiger partial charge in [0.1, 0.15) is 11.3 Å². The van der Waals surface area contributed by atoms with Crippen molar-refractivity contribution in [2.45, 2.75) is 33.1 Å². The molecule has 3 rings (SSSR count). The molecule has 36 heavy (non-hydrogen) atoms. The van der Waals surface area contributed by atoms with E-state index in [2.05, 4.69) is 41.1 Å². The number of hydrazone groups is 1. The van der Waals surface area contributed by atoms with Gasteiger partial charge >= 0.3 is 5.97 Å². The van der Waals surface area contributed by atoms with Gasteiger partial charge in [0, 0.05) is 24.2 Å². The number of esters is 1. The van der Waals surface area contributed by atoms with Crippen LogP contribution in [0.3, 0.4) is 0 Å². The molecule has 0 bridgehead atoms. The van der Waals surface area contributed by atoms with Crippen LogP contribution >= 0.6 is 0 Å². The van der Waals surface area contributed by atoms with E-state index in [9.17, 15) is 24.8 Å². The zero-order chi connectivity index (χ0) is 26.8. The van der Waals surface area contributed by atoms with Crippen LogP contribution in [0.2, 0.25) is 0 Å². The van der Waals surface area contributed by atoms with Gasteiger partial charge in [0.05, 0.1) is 17.7 Å². The fourth-order valence-electron chi connectivity index (χ4n) is 3.57. The summed E-state index contributed by atoms with van der Waals surface area (Å²) in [5.41, 5.74) is 4.12. The molecule has 0 unspecified atom stereocenters. The molecule has 0 radical (unpaired) electrons. The summed E-state index contributed by atoms with van der Waals surface area (Å²) in [4.78, 5) is 34.8. The van der Waals surface area contributed by atoms with Gasteiger partial charge in [0.25, 0.3) is 11.6 Å². The number of rotatable bonds is 6. The predicted octanol–water partition coefficient (Wildman–Crippen LogP) is 3.94. The first kappa shape index (κ1) is 26.1. The van der Waals surface area contributed by atoms with Crippen molar-refractivity contribution in [2.24, 2.45) is 12.1 Å². The van der Waals surface area contributed by atoms with Crippen molar-refractivity contribution < 1.29 is 24.4 Å². The highest BCUT2D eigenvalue weighted by Crippen LogP contribution is 2.33. The zero-order valence-corrected chi connectivity index (χ0v) is 20.8. The largest absolute Gasteiger partial charge is 0.504 e. The fourth-order valence-corrected chi connectivity index (χ4v) is 3.57. The lowest BCUT2D eigenvalue weighted by atomic mass is 9.86. The maximum atomic E-state index is 12.6.